The third kappa shape index (κ3) is 4.99. The van der Waals surface area contributed by atoms with Crippen LogP contribution in [0.5, 0.6) is 0 Å². The molecule has 11 heteroatoms. The van der Waals surface area contributed by atoms with Crippen LogP contribution in [-0.4, -0.2) is 58.2 Å². The summed E-state index contributed by atoms with van der Waals surface area (Å²) in [5.74, 6) is -0.586. The number of piperidine rings is 1. The number of nitrogens with zero attached hydrogens (tertiary/aromatic N) is 4. The number of sulfone groups is 1. The summed E-state index contributed by atoms with van der Waals surface area (Å²) in [6, 6.07) is 13.3. The molecule has 3 heterocycles. The third-order valence-corrected chi connectivity index (χ3v) is 7.75. The highest BCUT2D eigenvalue weighted by Crippen LogP contribution is 2.28. The first-order valence-corrected chi connectivity index (χ1v) is 13.0. The van der Waals surface area contributed by atoms with Crippen LogP contribution in [0.3, 0.4) is 0 Å². The van der Waals surface area contributed by atoms with E-state index < -0.39 is 15.9 Å². The number of aromatic nitrogens is 3. The molecule has 2 amide bonds. The minimum atomic E-state index is -3.31. The van der Waals surface area contributed by atoms with Gasteiger partial charge in [-0.1, -0.05) is 29.5 Å². The van der Waals surface area contributed by atoms with Crippen LogP contribution in [0.4, 0.5) is 0 Å². The molecule has 2 aliphatic rings. The molecule has 0 saturated carbocycles. The number of amides is 2. The third-order valence-electron chi connectivity index (χ3n) is 6.16. The van der Waals surface area contributed by atoms with Crippen LogP contribution < -0.4 is 5.32 Å². The normalized spacial score (nSPS) is 19.3. The maximum Gasteiger partial charge on any atom is 0.251 e. The molecule has 1 unspecified atom stereocenters. The maximum atomic E-state index is 12.9. The minimum Gasteiger partial charge on any atom is -0.344 e. The van der Waals surface area contributed by atoms with Crippen molar-refractivity contribution in [1.82, 2.24) is 25.2 Å². The van der Waals surface area contributed by atoms with E-state index in [9.17, 15) is 22.8 Å². The van der Waals surface area contributed by atoms with Crippen LogP contribution >= 0.6 is 0 Å². The van der Waals surface area contributed by atoms with Crippen molar-refractivity contribution in [1.29, 1.82) is 0 Å². The zero-order valence-electron chi connectivity index (χ0n) is 18.8. The number of nitrogens with one attached hydrogen (secondary N) is 1. The SMILES string of the molecule is O=C1CCC(=O)N(Cc2cn(-c3ccc(C(=O)NC4CS(=O)(=O)Cc5ccccc54)cc3)nn2)C1. The van der Waals surface area contributed by atoms with Crippen molar-refractivity contribution in [3.05, 3.63) is 77.1 Å². The molecule has 0 radical (unpaired) electrons. The molecule has 5 rings (SSSR count). The van der Waals surface area contributed by atoms with Crippen molar-refractivity contribution >= 4 is 27.4 Å². The Labute approximate surface area is 201 Å². The van der Waals surface area contributed by atoms with Gasteiger partial charge in [-0.05, 0) is 35.4 Å². The first kappa shape index (κ1) is 22.9. The quantitative estimate of drug-likeness (QED) is 0.568. The predicted molar refractivity (Wildman–Crippen MR) is 125 cm³/mol. The molecule has 1 aromatic heterocycles. The van der Waals surface area contributed by atoms with Crippen molar-refractivity contribution < 1.29 is 22.8 Å². The Morgan fingerprint density at radius 2 is 1.83 bits per heavy atom. The van der Waals surface area contributed by atoms with Gasteiger partial charge in [-0.3, -0.25) is 14.4 Å². The average molecular weight is 494 g/mol. The van der Waals surface area contributed by atoms with Gasteiger partial charge in [-0.15, -0.1) is 5.10 Å². The summed E-state index contributed by atoms with van der Waals surface area (Å²) < 4.78 is 26.1. The van der Waals surface area contributed by atoms with Crippen LogP contribution in [0.1, 0.15) is 46.1 Å². The molecule has 35 heavy (non-hydrogen) atoms. The van der Waals surface area contributed by atoms with Crippen molar-refractivity contribution in [3.63, 3.8) is 0 Å². The standard InChI is InChI=1S/C24H23N5O5S/c30-20-9-10-23(31)28(13-20)11-18-12-29(27-26-18)19-7-5-16(6-8-19)24(32)25-22-15-35(33,34)14-17-3-1-2-4-21(17)22/h1-8,12,22H,9-11,13-15H2,(H,25,32). The Kier molecular flexibility index (Phi) is 5.93. The van der Waals surface area contributed by atoms with Crippen LogP contribution in [0.2, 0.25) is 0 Å². The molecule has 2 aromatic carbocycles. The van der Waals surface area contributed by atoms with Gasteiger partial charge in [0.1, 0.15) is 5.69 Å². The van der Waals surface area contributed by atoms with Crippen LogP contribution in [-0.2, 0) is 31.7 Å². The van der Waals surface area contributed by atoms with E-state index in [2.05, 4.69) is 15.6 Å². The Morgan fingerprint density at radius 3 is 2.63 bits per heavy atom. The summed E-state index contributed by atoms with van der Waals surface area (Å²) in [6.07, 6.45) is 2.17. The van der Waals surface area contributed by atoms with E-state index in [0.717, 1.165) is 5.56 Å². The molecule has 2 aliphatic heterocycles. The molecule has 1 N–H and O–H groups in total. The van der Waals surface area contributed by atoms with Crippen molar-refractivity contribution in [2.24, 2.45) is 0 Å². The topological polar surface area (TPSA) is 131 Å². The van der Waals surface area contributed by atoms with Crippen molar-refractivity contribution in [2.75, 3.05) is 12.3 Å². The number of hydrogen-bond acceptors (Lipinski definition) is 7. The Morgan fingerprint density at radius 1 is 1.06 bits per heavy atom. The highest BCUT2D eigenvalue weighted by Gasteiger charge is 2.30. The summed E-state index contributed by atoms with van der Waals surface area (Å²) in [4.78, 5) is 38.0. The number of carbonyl (C=O) groups excluding carboxylic acids is 3. The largest absolute Gasteiger partial charge is 0.344 e. The molecule has 180 valence electrons. The smallest absolute Gasteiger partial charge is 0.251 e. The summed E-state index contributed by atoms with van der Waals surface area (Å²) in [5.41, 5.74) is 3.11. The van der Waals surface area contributed by atoms with E-state index in [0.29, 0.717) is 22.5 Å². The highest BCUT2D eigenvalue weighted by atomic mass is 32.2. The minimum absolute atomic E-state index is 0.0215. The summed E-state index contributed by atoms with van der Waals surface area (Å²) in [7, 11) is -3.31. The maximum absolute atomic E-state index is 12.9. The van der Waals surface area contributed by atoms with Gasteiger partial charge in [0, 0.05) is 18.4 Å². The Balaban J connectivity index is 1.27. The zero-order valence-corrected chi connectivity index (χ0v) is 19.6. The van der Waals surface area contributed by atoms with Gasteiger partial charge in [0.2, 0.25) is 5.91 Å². The number of fused-ring (bicyclic) bond motifs is 1. The second-order valence-corrected chi connectivity index (χ2v) is 10.9. The summed E-state index contributed by atoms with van der Waals surface area (Å²) in [5, 5.41) is 11.0. The van der Waals surface area contributed by atoms with E-state index in [1.807, 2.05) is 12.1 Å². The molecule has 10 nitrogen and oxygen atoms in total. The molecule has 1 atom stereocenters. The monoisotopic (exact) mass is 493 g/mol. The van der Waals surface area contributed by atoms with Gasteiger partial charge in [0.25, 0.3) is 5.91 Å². The van der Waals surface area contributed by atoms with E-state index in [1.54, 1.807) is 42.6 Å². The number of carbonyl (C=O) groups is 3. The number of likely N-dealkylation sites (tertiary alicyclic amines) is 1. The molecule has 0 aliphatic carbocycles. The summed E-state index contributed by atoms with van der Waals surface area (Å²) >= 11 is 0. The van der Waals surface area contributed by atoms with Gasteiger partial charge in [0.15, 0.2) is 15.6 Å². The fourth-order valence-electron chi connectivity index (χ4n) is 4.39. The molecule has 0 bridgehead atoms. The summed E-state index contributed by atoms with van der Waals surface area (Å²) in [6.45, 7) is 0.291. The van der Waals surface area contributed by atoms with Gasteiger partial charge in [-0.25, -0.2) is 13.1 Å². The Hall–Kier alpha value is -3.86. The van der Waals surface area contributed by atoms with Crippen LogP contribution in [0.15, 0.2) is 54.7 Å². The number of ketones is 1. The lowest BCUT2D eigenvalue weighted by Gasteiger charge is -2.26. The Bertz CT molecular complexity index is 1410. The molecule has 1 fully saturated rings. The highest BCUT2D eigenvalue weighted by molar-refractivity contribution is 7.90. The predicted octanol–water partition coefficient (Wildman–Crippen LogP) is 1.36. The van der Waals surface area contributed by atoms with Crippen molar-refractivity contribution in [3.8, 4) is 5.69 Å². The molecule has 0 spiro atoms. The molecule has 1 saturated heterocycles. The van der Waals surface area contributed by atoms with E-state index in [-0.39, 0.29) is 55.0 Å². The number of rotatable bonds is 5. The second kappa shape index (κ2) is 9.06. The number of hydrogen-bond donors (Lipinski definition) is 1. The first-order chi connectivity index (χ1) is 16.8. The number of benzene rings is 2. The first-order valence-electron chi connectivity index (χ1n) is 11.2. The van der Waals surface area contributed by atoms with Gasteiger partial charge in [-0.2, -0.15) is 0 Å². The lowest BCUT2D eigenvalue weighted by Crippen LogP contribution is -2.39. The lowest BCUT2D eigenvalue weighted by atomic mass is 10.0. The fourth-order valence-corrected chi connectivity index (χ4v) is 6.02. The van der Waals surface area contributed by atoms with Gasteiger partial charge < -0.3 is 10.2 Å². The molecular formula is C24H23N5O5S. The average Bonchev–Trinajstić information content (AvgIpc) is 3.29. The van der Waals surface area contributed by atoms with Gasteiger partial charge in [0.05, 0.1) is 42.5 Å². The number of Topliss-reactive ketones (excluding diaryl/α,β-unsaturated/α-hetero) is 1. The zero-order chi connectivity index (χ0) is 24.6. The van der Waals surface area contributed by atoms with E-state index in [4.69, 9.17) is 0 Å². The van der Waals surface area contributed by atoms with Crippen LogP contribution in [0.25, 0.3) is 5.69 Å². The fraction of sp³-hybridized carbons (Fsp3) is 0.292. The van der Waals surface area contributed by atoms with Gasteiger partial charge >= 0.3 is 0 Å². The van der Waals surface area contributed by atoms with E-state index in [1.165, 1.54) is 9.58 Å². The lowest BCUT2D eigenvalue weighted by molar-refractivity contribution is -0.140. The van der Waals surface area contributed by atoms with E-state index >= 15 is 0 Å². The van der Waals surface area contributed by atoms with Crippen LogP contribution in [0, 0.1) is 0 Å². The molecule has 3 aromatic rings. The second-order valence-electron chi connectivity index (χ2n) is 8.77. The molecular weight excluding hydrogens is 470 g/mol. The van der Waals surface area contributed by atoms with Crippen molar-refractivity contribution in [2.45, 2.75) is 31.2 Å².